The highest BCUT2D eigenvalue weighted by Gasteiger charge is 2.35. The van der Waals surface area contributed by atoms with Crippen LogP contribution in [0.2, 0.25) is 0 Å². The van der Waals surface area contributed by atoms with Gasteiger partial charge in [-0.3, -0.25) is 0 Å². The second-order valence-electron chi connectivity index (χ2n) is 4.69. The zero-order valence-electron chi connectivity index (χ0n) is 10.9. The van der Waals surface area contributed by atoms with Crippen molar-refractivity contribution in [1.29, 1.82) is 0 Å². The van der Waals surface area contributed by atoms with E-state index in [2.05, 4.69) is 0 Å². The fraction of sp³-hybridized carbons (Fsp3) is 0.500. The van der Waals surface area contributed by atoms with Crippen LogP contribution in [0.4, 0.5) is 8.78 Å². The van der Waals surface area contributed by atoms with E-state index in [1.165, 1.54) is 4.31 Å². The molecule has 2 unspecified atom stereocenters. The van der Waals surface area contributed by atoms with E-state index in [1.807, 2.05) is 0 Å². The molecule has 0 aliphatic carbocycles. The third kappa shape index (κ3) is 2.83. The fourth-order valence-corrected chi connectivity index (χ4v) is 3.70. The van der Waals surface area contributed by atoms with Gasteiger partial charge in [0.05, 0.1) is 17.6 Å². The van der Waals surface area contributed by atoms with Gasteiger partial charge in [-0.05, 0) is 25.1 Å². The second-order valence-corrected chi connectivity index (χ2v) is 6.58. The van der Waals surface area contributed by atoms with Crippen LogP contribution < -0.4 is 5.73 Å². The number of nitrogens with zero attached hydrogens (tertiary/aromatic N) is 1. The number of rotatable bonds is 3. The second kappa shape index (κ2) is 5.72. The zero-order chi connectivity index (χ0) is 14.9. The molecule has 0 amide bonds. The molecule has 0 radical (unpaired) electrons. The van der Waals surface area contributed by atoms with Gasteiger partial charge in [0.15, 0.2) is 11.6 Å². The maximum absolute atomic E-state index is 13.2. The molecular weight excluding hydrogens is 290 g/mol. The Morgan fingerprint density at radius 1 is 1.40 bits per heavy atom. The van der Waals surface area contributed by atoms with Crippen molar-refractivity contribution in [3.8, 4) is 0 Å². The van der Waals surface area contributed by atoms with Crippen LogP contribution in [0.3, 0.4) is 0 Å². The lowest BCUT2D eigenvalue weighted by atomic mass is 10.2. The first-order chi connectivity index (χ1) is 9.36. The van der Waals surface area contributed by atoms with Crippen LogP contribution in [0, 0.1) is 11.6 Å². The van der Waals surface area contributed by atoms with Gasteiger partial charge in [0.1, 0.15) is 0 Å². The summed E-state index contributed by atoms with van der Waals surface area (Å²) in [6.07, 6.45) is -0.397. The molecule has 2 atom stereocenters. The van der Waals surface area contributed by atoms with Crippen molar-refractivity contribution in [2.75, 3.05) is 19.7 Å². The molecule has 1 saturated heterocycles. The monoisotopic (exact) mass is 306 g/mol. The molecule has 1 aliphatic rings. The van der Waals surface area contributed by atoms with Crippen molar-refractivity contribution >= 4 is 10.0 Å². The third-order valence-corrected chi connectivity index (χ3v) is 5.18. The summed E-state index contributed by atoms with van der Waals surface area (Å²) in [7, 11) is -3.90. The first-order valence-electron chi connectivity index (χ1n) is 6.15. The third-order valence-electron chi connectivity index (χ3n) is 3.21. The van der Waals surface area contributed by atoms with Gasteiger partial charge in [-0.2, -0.15) is 4.31 Å². The minimum absolute atomic E-state index is 0.0962. The van der Waals surface area contributed by atoms with Crippen LogP contribution in [0.15, 0.2) is 23.1 Å². The molecule has 0 aromatic heterocycles. The van der Waals surface area contributed by atoms with Crippen LogP contribution in [0.25, 0.3) is 0 Å². The van der Waals surface area contributed by atoms with Crippen molar-refractivity contribution in [3.05, 3.63) is 29.8 Å². The summed E-state index contributed by atoms with van der Waals surface area (Å²) in [5, 5.41) is 0. The maximum atomic E-state index is 13.2. The van der Waals surface area contributed by atoms with E-state index in [9.17, 15) is 17.2 Å². The van der Waals surface area contributed by atoms with Gasteiger partial charge < -0.3 is 10.5 Å². The SMILES string of the molecule is CC1COC(CN)CN1S(=O)(=O)c1ccc(F)c(F)c1. The molecule has 1 aliphatic heterocycles. The number of benzene rings is 1. The highest BCUT2D eigenvalue weighted by atomic mass is 32.2. The minimum Gasteiger partial charge on any atom is -0.374 e. The first-order valence-corrected chi connectivity index (χ1v) is 7.59. The van der Waals surface area contributed by atoms with Gasteiger partial charge in [0.2, 0.25) is 10.0 Å². The number of hydrogen-bond acceptors (Lipinski definition) is 4. The van der Waals surface area contributed by atoms with Crippen molar-refractivity contribution in [2.24, 2.45) is 5.73 Å². The lowest BCUT2D eigenvalue weighted by Crippen LogP contribution is -2.52. The summed E-state index contributed by atoms with van der Waals surface area (Å²) in [6.45, 7) is 2.18. The standard InChI is InChI=1S/C12H16F2N2O3S/c1-8-7-19-9(5-15)6-16(8)20(17,18)10-2-3-11(13)12(14)4-10/h2-4,8-9H,5-7,15H2,1H3. The molecule has 1 fully saturated rings. The number of hydrogen-bond donors (Lipinski definition) is 1. The molecule has 0 bridgehead atoms. The molecule has 0 spiro atoms. The van der Waals surface area contributed by atoms with Crippen LogP contribution in [-0.4, -0.2) is 44.6 Å². The average Bonchev–Trinajstić information content (AvgIpc) is 2.42. The summed E-state index contributed by atoms with van der Waals surface area (Å²) in [6, 6.07) is 2.14. The normalized spacial score (nSPS) is 24.8. The Bertz CT molecular complexity index is 594. The van der Waals surface area contributed by atoms with E-state index >= 15 is 0 Å². The van der Waals surface area contributed by atoms with E-state index in [0.717, 1.165) is 12.1 Å². The van der Waals surface area contributed by atoms with Crippen molar-refractivity contribution in [2.45, 2.75) is 24.0 Å². The Morgan fingerprint density at radius 3 is 2.70 bits per heavy atom. The number of nitrogens with two attached hydrogens (primary N) is 1. The molecule has 112 valence electrons. The summed E-state index contributed by atoms with van der Waals surface area (Å²) in [4.78, 5) is -0.277. The zero-order valence-corrected chi connectivity index (χ0v) is 11.7. The van der Waals surface area contributed by atoms with Crippen LogP contribution in [-0.2, 0) is 14.8 Å². The molecule has 8 heteroatoms. The summed E-state index contributed by atoms with van der Waals surface area (Å²) in [5.74, 6) is -2.28. The molecule has 2 rings (SSSR count). The molecular formula is C12H16F2N2O3S. The van der Waals surface area contributed by atoms with Crippen LogP contribution >= 0.6 is 0 Å². The van der Waals surface area contributed by atoms with E-state index in [4.69, 9.17) is 10.5 Å². The molecule has 1 aromatic carbocycles. The Kier molecular flexibility index (Phi) is 4.38. The Labute approximate surface area is 116 Å². The number of sulfonamides is 1. The van der Waals surface area contributed by atoms with Gasteiger partial charge in [0.25, 0.3) is 0 Å². The van der Waals surface area contributed by atoms with Crippen LogP contribution in [0.5, 0.6) is 0 Å². The largest absolute Gasteiger partial charge is 0.374 e. The van der Waals surface area contributed by atoms with Gasteiger partial charge in [-0.15, -0.1) is 0 Å². The average molecular weight is 306 g/mol. The minimum atomic E-state index is -3.90. The number of halogens is 2. The van der Waals surface area contributed by atoms with Gasteiger partial charge >= 0.3 is 0 Å². The summed E-state index contributed by atoms with van der Waals surface area (Å²) < 4.78 is 57.6. The summed E-state index contributed by atoms with van der Waals surface area (Å²) in [5.41, 5.74) is 5.48. The fourth-order valence-electron chi connectivity index (χ4n) is 2.04. The van der Waals surface area contributed by atoms with E-state index < -0.39 is 33.8 Å². The van der Waals surface area contributed by atoms with E-state index in [1.54, 1.807) is 6.92 Å². The highest BCUT2D eigenvalue weighted by molar-refractivity contribution is 7.89. The molecule has 1 aromatic rings. The Balaban J connectivity index is 2.35. The van der Waals surface area contributed by atoms with Crippen LogP contribution in [0.1, 0.15) is 6.92 Å². The highest BCUT2D eigenvalue weighted by Crippen LogP contribution is 2.23. The van der Waals surface area contributed by atoms with E-state index in [-0.39, 0.29) is 24.6 Å². The number of ether oxygens (including phenoxy) is 1. The quantitative estimate of drug-likeness (QED) is 0.892. The topological polar surface area (TPSA) is 72.6 Å². The molecule has 2 N–H and O–H groups in total. The predicted octanol–water partition coefficient (Wildman–Crippen LogP) is 0.701. The predicted molar refractivity (Wildman–Crippen MR) is 68.5 cm³/mol. The van der Waals surface area contributed by atoms with Gasteiger partial charge in [-0.25, -0.2) is 17.2 Å². The molecule has 0 saturated carbocycles. The van der Waals surface area contributed by atoms with Crippen molar-refractivity contribution < 1.29 is 21.9 Å². The van der Waals surface area contributed by atoms with Crippen molar-refractivity contribution in [3.63, 3.8) is 0 Å². The maximum Gasteiger partial charge on any atom is 0.243 e. The first kappa shape index (κ1) is 15.3. The summed E-state index contributed by atoms with van der Waals surface area (Å²) >= 11 is 0. The Hall–Kier alpha value is -1.09. The smallest absolute Gasteiger partial charge is 0.243 e. The molecule has 5 nitrogen and oxygen atoms in total. The lowest BCUT2D eigenvalue weighted by molar-refractivity contribution is -0.0219. The van der Waals surface area contributed by atoms with E-state index in [0.29, 0.717) is 6.07 Å². The lowest BCUT2D eigenvalue weighted by Gasteiger charge is -2.36. The number of morpholine rings is 1. The van der Waals surface area contributed by atoms with Gasteiger partial charge in [0, 0.05) is 19.1 Å². The molecule has 1 heterocycles. The van der Waals surface area contributed by atoms with Crippen molar-refractivity contribution in [1.82, 2.24) is 4.31 Å². The molecule has 20 heavy (non-hydrogen) atoms. The Morgan fingerprint density at radius 2 is 2.10 bits per heavy atom. The van der Waals surface area contributed by atoms with Gasteiger partial charge in [-0.1, -0.05) is 0 Å².